The second-order valence-electron chi connectivity index (χ2n) is 8.42. The van der Waals surface area contributed by atoms with Gasteiger partial charge in [0, 0.05) is 30.9 Å². The number of hydrogen-bond acceptors (Lipinski definition) is 7. The molecule has 2 aliphatic heterocycles. The number of thiazole rings is 1. The Morgan fingerprint density at radius 3 is 2.81 bits per heavy atom. The van der Waals surface area contributed by atoms with Crippen LogP contribution in [-0.4, -0.2) is 57.5 Å². The summed E-state index contributed by atoms with van der Waals surface area (Å²) >= 11 is 1.47. The van der Waals surface area contributed by atoms with E-state index in [1.165, 1.54) is 30.6 Å². The highest BCUT2D eigenvalue weighted by Gasteiger charge is 2.47. The van der Waals surface area contributed by atoms with Gasteiger partial charge in [0.15, 0.2) is 5.82 Å². The number of amides is 1. The number of hydrogen-bond donors (Lipinski definition) is 0. The molecular formula is C19H25N5O2S. The van der Waals surface area contributed by atoms with Crippen LogP contribution in [0.2, 0.25) is 0 Å². The maximum absolute atomic E-state index is 12.5. The summed E-state index contributed by atoms with van der Waals surface area (Å²) in [5.74, 6) is 2.22. The quantitative estimate of drug-likeness (QED) is 0.806. The van der Waals surface area contributed by atoms with Crippen LogP contribution in [0.25, 0.3) is 0 Å². The minimum atomic E-state index is 0.0670. The third kappa shape index (κ3) is 3.08. The smallest absolute Gasteiger partial charge is 0.273 e. The van der Waals surface area contributed by atoms with Gasteiger partial charge < -0.3 is 9.42 Å². The van der Waals surface area contributed by atoms with Crippen LogP contribution in [0.4, 0.5) is 0 Å². The van der Waals surface area contributed by atoms with Gasteiger partial charge in [-0.05, 0) is 44.6 Å². The van der Waals surface area contributed by atoms with Gasteiger partial charge in [-0.15, -0.1) is 11.3 Å². The van der Waals surface area contributed by atoms with Crippen LogP contribution in [0, 0.1) is 5.41 Å². The van der Waals surface area contributed by atoms with Crippen molar-refractivity contribution in [3.8, 4) is 0 Å². The van der Waals surface area contributed by atoms with Crippen molar-refractivity contribution < 1.29 is 9.32 Å². The van der Waals surface area contributed by atoms with Crippen LogP contribution >= 0.6 is 11.3 Å². The van der Waals surface area contributed by atoms with E-state index in [9.17, 15) is 4.79 Å². The fourth-order valence-corrected chi connectivity index (χ4v) is 5.31. The van der Waals surface area contributed by atoms with Gasteiger partial charge in [-0.25, -0.2) is 4.98 Å². The Balaban J connectivity index is 1.24. The van der Waals surface area contributed by atoms with Crippen LogP contribution in [0.3, 0.4) is 0 Å². The van der Waals surface area contributed by atoms with Gasteiger partial charge in [-0.3, -0.25) is 9.69 Å². The molecule has 4 heterocycles. The predicted octanol–water partition coefficient (Wildman–Crippen LogP) is 3.09. The average Bonchev–Trinajstić information content (AvgIpc) is 3.35. The second-order valence-corrected chi connectivity index (χ2v) is 9.14. The average molecular weight is 388 g/mol. The summed E-state index contributed by atoms with van der Waals surface area (Å²) in [6, 6.07) is 0.225. The van der Waals surface area contributed by atoms with Gasteiger partial charge in [0.2, 0.25) is 5.89 Å². The Bertz CT molecular complexity index is 808. The number of nitrogens with zero attached hydrogens (tertiary/aromatic N) is 5. The monoisotopic (exact) mass is 387 g/mol. The van der Waals surface area contributed by atoms with Crippen LogP contribution in [-0.2, 0) is 0 Å². The molecule has 2 aromatic heterocycles. The van der Waals surface area contributed by atoms with Crippen molar-refractivity contribution in [2.24, 2.45) is 5.41 Å². The topological polar surface area (TPSA) is 75.4 Å². The molecule has 7 nitrogen and oxygen atoms in total. The third-order valence-electron chi connectivity index (χ3n) is 6.72. The predicted molar refractivity (Wildman–Crippen MR) is 101 cm³/mol. The number of likely N-dealkylation sites (tertiary alicyclic amines) is 2. The lowest BCUT2D eigenvalue weighted by atomic mass is 9.76. The zero-order valence-electron chi connectivity index (χ0n) is 15.6. The number of aromatic nitrogens is 3. The van der Waals surface area contributed by atoms with E-state index in [1.54, 1.807) is 5.51 Å². The summed E-state index contributed by atoms with van der Waals surface area (Å²) in [4.78, 5) is 25.8. The molecule has 2 saturated heterocycles. The van der Waals surface area contributed by atoms with Gasteiger partial charge >= 0.3 is 0 Å². The molecule has 0 N–H and O–H groups in total. The van der Waals surface area contributed by atoms with Crippen molar-refractivity contribution >= 4 is 17.2 Å². The van der Waals surface area contributed by atoms with E-state index in [-0.39, 0.29) is 17.4 Å². The highest BCUT2D eigenvalue weighted by atomic mass is 32.1. The largest absolute Gasteiger partial charge is 0.339 e. The number of carbonyl (C=O) groups is 1. The molecule has 1 saturated carbocycles. The van der Waals surface area contributed by atoms with E-state index < -0.39 is 0 Å². The molecule has 1 aliphatic carbocycles. The molecule has 3 fully saturated rings. The van der Waals surface area contributed by atoms with Crippen molar-refractivity contribution in [1.29, 1.82) is 0 Å². The molecule has 1 amide bonds. The van der Waals surface area contributed by atoms with Gasteiger partial charge in [0.1, 0.15) is 5.69 Å². The Kier molecular flexibility index (Phi) is 4.27. The van der Waals surface area contributed by atoms with Gasteiger partial charge in [-0.2, -0.15) is 4.98 Å². The lowest BCUT2D eigenvalue weighted by Crippen LogP contribution is -2.44. The standard InChI is InChI=1S/C19H25N5O2S/c1-23-11-19(5-7-24(8-6-19)18(25)14-10-27-12-20-14)9-15(23)16-21-17(26-22-16)13-3-2-4-13/h10,12-13,15H,2-9,11H2,1H3. The summed E-state index contributed by atoms with van der Waals surface area (Å²) in [5.41, 5.74) is 2.54. The highest BCUT2D eigenvalue weighted by molar-refractivity contribution is 7.07. The van der Waals surface area contributed by atoms with Crippen LogP contribution in [0.1, 0.15) is 72.7 Å². The third-order valence-corrected chi connectivity index (χ3v) is 7.30. The SMILES string of the molecule is CN1CC2(CCN(C(=O)c3cscn3)CC2)CC1c1noc(C2CCC2)n1. The van der Waals surface area contributed by atoms with E-state index in [1.807, 2.05) is 10.3 Å². The van der Waals surface area contributed by atoms with Crippen LogP contribution in [0.5, 0.6) is 0 Å². The first-order valence-corrected chi connectivity index (χ1v) is 10.8. The van der Waals surface area contributed by atoms with E-state index in [2.05, 4.69) is 22.1 Å². The number of piperidine rings is 1. The number of carbonyl (C=O) groups excluding carboxylic acids is 1. The summed E-state index contributed by atoms with van der Waals surface area (Å²) in [7, 11) is 2.16. The first kappa shape index (κ1) is 17.3. The first-order chi connectivity index (χ1) is 13.1. The summed E-state index contributed by atoms with van der Waals surface area (Å²) < 4.78 is 5.55. The van der Waals surface area contributed by atoms with Crippen LogP contribution in [0.15, 0.2) is 15.4 Å². The van der Waals surface area contributed by atoms with E-state index in [0.717, 1.165) is 50.6 Å². The molecule has 2 aromatic rings. The molecule has 144 valence electrons. The molecule has 1 atom stereocenters. The van der Waals surface area contributed by atoms with Crippen LogP contribution < -0.4 is 0 Å². The Morgan fingerprint density at radius 1 is 1.33 bits per heavy atom. The molecule has 8 heteroatoms. The van der Waals surface area contributed by atoms with Gasteiger partial charge in [0.05, 0.1) is 11.6 Å². The molecule has 0 bridgehead atoms. The maximum atomic E-state index is 12.5. The van der Waals surface area contributed by atoms with Gasteiger partial charge in [-0.1, -0.05) is 11.6 Å². The van der Waals surface area contributed by atoms with Crippen molar-refractivity contribution in [1.82, 2.24) is 24.9 Å². The molecule has 0 radical (unpaired) electrons. The zero-order valence-corrected chi connectivity index (χ0v) is 16.5. The Hall–Kier alpha value is -1.80. The molecule has 1 unspecified atom stereocenters. The molecule has 27 heavy (non-hydrogen) atoms. The van der Waals surface area contributed by atoms with Crippen molar-refractivity contribution in [2.45, 2.75) is 50.5 Å². The second kappa shape index (κ2) is 6.67. The van der Waals surface area contributed by atoms with E-state index >= 15 is 0 Å². The van der Waals surface area contributed by atoms with E-state index in [0.29, 0.717) is 11.6 Å². The normalized spacial score (nSPS) is 25.8. The molecule has 5 rings (SSSR count). The summed E-state index contributed by atoms with van der Waals surface area (Å²) in [5, 5.41) is 6.14. The summed E-state index contributed by atoms with van der Waals surface area (Å²) in [6.45, 7) is 2.64. The Labute approximate surface area is 162 Å². The molecule has 1 spiro atoms. The van der Waals surface area contributed by atoms with Crippen molar-refractivity contribution in [3.05, 3.63) is 28.3 Å². The zero-order chi connectivity index (χ0) is 18.4. The fourth-order valence-electron chi connectivity index (χ4n) is 4.79. The first-order valence-electron chi connectivity index (χ1n) is 9.85. The minimum Gasteiger partial charge on any atom is -0.339 e. The fraction of sp³-hybridized carbons (Fsp3) is 0.684. The molecular weight excluding hydrogens is 362 g/mol. The van der Waals surface area contributed by atoms with Crippen molar-refractivity contribution in [2.75, 3.05) is 26.7 Å². The maximum Gasteiger partial charge on any atom is 0.273 e. The van der Waals surface area contributed by atoms with Gasteiger partial charge in [0.25, 0.3) is 5.91 Å². The number of rotatable bonds is 3. The highest BCUT2D eigenvalue weighted by Crippen LogP contribution is 2.48. The lowest BCUT2D eigenvalue weighted by Gasteiger charge is -2.39. The molecule has 0 aromatic carbocycles. The molecule has 3 aliphatic rings. The Morgan fingerprint density at radius 2 is 2.15 bits per heavy atom. The minimum absolute atomic E-state index is 0.0670. The lowest BCUT2D eigenvalue weighted by molar-refractivity contribution is 0.0588. The van der Waals surface area contributed by atoms with E-state index in [4.69, 9.17) is 9.51 Å². The van der Waals surface area contributed by atoms with Crippen molar-refractivity contribution in [3.63, 3.8) is 0 Å². The summed E-state index contributed by atoms with van der Waals surface area (Å²) in [6.07, 6.45) is 6.72.